The van der Waals surface area contributed by atoms with Gasteiger partial charge >= 0.3 is 6.18 Å². The molecule has 1 aromatic carbocycles. The van der Waals surface area contributed by atoms with Crippen molar-refractivity contribution in [3.05, 3.63) is 24.0 Å². The molecule has 2 rings (SSSR count). The van der Waals surface area contributed by atoms with Gasteiger partial charge in [0.05, 0.1) is 0 Å². The zero-order valence-corrected chi connectivity index (χ0v) is 11.0. The maximum absolute atomic E-state index is 13.7. The summed E-state index contributed by atoms with van der Waals surface area (Å²) in [4.78, 5) is 1.78. The fraction of sp³-hybridized carbons (Fsp3) is 0.538. The molecule has 2 N–H and O–H groups in total. The van der Waals surface area contributed by atoms with E-state index in [1.807, 2.05) is 0 Å². The second-order valence-corrected chi connectivity index (χ2v) is 5.09. The minimum absolute atomic E-state index is 0.138. The lowest BCUT2D eigenvalue weighted by molar-refractivity contribution is -0.261. The lowest BCUT2D eigenvalue weighted by atomic mass is 9.90. The molecule has 1 heterocycles. The summed E-state index contributed by atoms with van der Waals surface area (Å²) in [6.07, 6.45) is -5.00. The van der Waals surface area contributed by atoms with E-state index in [0.717, 1.165) is 12.1 Å². The highest BCUT2D eigenvalue weighted by Gasteiger charge is 2.58. The molecule has 0 unspecified atom stereocenters. The molecular weight excluding hydrogens is 276 g/mol. The molecule has 20 heavy (non-hydrogen) atoms. The van der Waals surface area contributed by atoms with Crippen molar-refractivity contribution in [3.8, 4) is 5.75 Å². The van der Waals surface area contributed by atoms with Gasteiger partial charge in [0.25, 0.3) is 0 Å². The van der Waals surface area contributed by atoms with E-state index in [9.17, 15) is 17.6 Å². The van der Waals surface area contributed by atoms with E-state index in [1.165, 1.54) is 6.07 Å². The molecule has 0 spiro atoms. The predicted octanol–water partition coefficient (Wildman–Crippen LogP) is 2.81. The number of anilines is 1. The van der Waals surface area contributed by atoms with Gasteiger partial charge < -0.3 is 15.4 Å². The van der Waals surface area contributed by atoms with Gasteiger partial charge in [0.2, 0.25) is 5.60 Å². The van der Waals surface area contributed by atoms with Gasteiger partial charge in [-0.15, -0.1) is 0 Å². The summed E-state index contributed by atoms with van der Waals surface area (Å²) in [5, 5.41) is 0. The van der Waals surface area contributed by atoms with Crippen molar-refractivity contribution in [2.75, 3.05) is 25.9 Å². The molecule has 1 aliphatic rings. The second-order valence-electron chi connectivity index (χ2n) is 5.09. The van der Waals surface area contributed by atoms with Gasteiger partial charge in [-0.3, -0.25) is 0 Å². The molecule has 0 aliphatic carbocycles. The van der Waals surface area contributed by atoms with Gasteiger partial charge in [0, 0.05) is 37.7 Å². The van der Waals surface area contributed by atoms with Crippen molar-refractivity contribution in [1.29, 1.82) is 0 Å². The molecule has 1 aliphatic heterocycles. The van der Waals surface area contributed by atoms with Crippen LogP contribution in [0.2, 0.25) is 0 Å². The van der Waals surface area contributed by atoms with Crippen LogP contribution >= 0.6 is 0 Å². The van der Waals surface area contributed by atoms with Gasteiger partial charge in [-0.05, 0) is 19.2 Å². The van der Waals surface area contributed by atoms with Crippen molar-refractivity contribution in [3.63, 3.8) is 0 Å². The topological polar surface area (TPSA) is 38.5 Å². The second kappa shape index (κ2) is 5.12. The third-order valence-electron chi connectivity index (χ3n) is 3.57. The highest BCUT2D eigenvalue weighted by molar-refractivity contribution is 5.43. The number of nitrogen functional groups attached to an aromatic ring is 1. The Labute approximate surface area is 114 Å². The normalized spacial score (nSPS) is 19.9. The molecule has 0 aromatic heterocycles. The van der Waals surface area contributed by atoms with E-state index in [-0.39, 0.29) is 31.6 Å². The van der Waals surface area contributed by atoms with Crippen molar-refractivity contribution < 1.29 is 22.3 Å². The Balaban J connectivity index is 2.29. The average molecular weight is 292 g/mol. The summed E-state index contributed by atoms with van der Waals surface area (Å²) < 4.78 is 58.7. The minimum atomic E-state index is -4.55. The van der Waals surface area contributed by atoms with E-state index in [0.29, 0.717) is 0 Å². The van der Waals surface area contributed by atoms with E-state index in [1.54, 1.807) is 11.9 Å². The van der Waals surface area contributed by atoms with Crippen LogP contribution in [-0.2, 0) is 0 Å². The lowest BCUT2D eigenvalue weighted by Crippen LogP contribution is -2.56. The Morgan fingerprint density at radius 2 is 1.85 bits per heavy atom. The summed E-state index contributed by atoms with van der Waals surface area (Å²) in [5.41, 5.74) is 3.17. The lowest BCUT2D eigenvalue weighted by Gasteiger charge is -2.41. The number of hydrogen-bond donors (Lipinski definition) is 1. The fourth-order valence-electron chi connectivity index (χ4n) is 2.23. The summed E-state index contributed by atoms with van der Waals surface area (Å²) in [6, 6.07) is 3.41. The number of nitrogens with two attached hydrogens (primary N) is 1. The van der Waals surface area contributed by atoms with Crippen molar-refractivity contribution in [2.45, 2.75) is 24.6 Å². The summed E-state index contributed by atoms with van der Waals surface area (Å²) >= 11 is 0. The summed E-state index contributed by atoms with van der Waals surface area (Å²) in [6.45, 7) is 0.492. The molecule has 0 bridgehead atoms. The van der Waals surface area contributed by atoms with Crippen LogP contribution in [0.15, 0.2) is 18.2 Å². The Kier molecular flexibility index (Phi) is 3.82. The number of ether oxygens (including phenoxy) is 1. The summed E-state index contributed by atoms with van der Waals surface area (Å²) in [5.74, 6) is -1.30. The fourth-order valence-corrected chi connectivity index (χ4v) is 2.23. The maximum Gasteiger partial charge on any atom is 0.428 e. The Bertz CT molecular complexity index is 482. The van der Waals surface area contributed by atoms with E-state index < -0.39 is 23.3 Å². The first-order valence-electron chi connectivity index (χ1n) is 6.23. The zero-order chi connectivity index (χ0) is 15.0. The van der Waals surface area contributed by atoms with Gasteiger partial charge in [-0.1, -0.05) is 0 Å². The van der Waals surface area contributed by atoms with Gasteiger partial charge in [0.15, 0.2) is 11.6 Å². The third kappa shape index (κ3) is 2.82. The van der Waals surface area contributed by atoms with Gasteiger partial charge in [-0.25, -0.2) is 4.39 Å². The van der Waals surface area contributed by atoms with E-state index >= 15 is 0 Å². The molecule has 1 aromatic rings. The van der Waals surface area contributed by atoms with Crippen LogP contribution in [-0.4, -0.2) is 36.8 Å². The minimum Gasteiger partial charge on any atom is -0.475 e. The highest BCUT2D eigenvalue weighted by atomic mass is 19.4. The van der Waals surface area contributed by atoms with Crippen LogP contribution in [0.3, 0.4) is 0 Å². The number of likely N-dealkylation sites (tertiary alicyclic amines) is 1. The smallest absolute Gasteiger partial charge is 0.428 e. The third-order valence-corrected chi connectivity index (χ3v) is 3.57. The number of halogens is 4. The number of rotatable bonds is 2. The Morgan fingerprint density at radius 3 is 2.35 bits per heavy atom. The Hall–Kier alpha value is -1.50. The van der Waals surface area contributed by atoms with Gasteiger partial charge in [-0.2, -0.15) is 13.2 Å². The van der Waals surface area contributed by atoms with Gasteiger partial charge in [0.1, 0.15) is 0 Å². The average Bonchev–Trinajstić information content (AvgIpc) is 2.34. The number of hydrogen-bond acceptors (Lipinski definition) is 3. The number of piperidine rings is 1. The predicted molar refractivity (Wildman–Crippen MR) is 67.0 cm³/mol. The molecule has 112 valence electrons. The summed E-state index contributed by atoms with van der Waals surface area (Å²) in [7, 11) is 1.74. The van der Waals surface area contributed by atoms with Crippen LogP contribution in [0.4, 0.5) is 23.2 Å². The molecule has 0 radical (unpaired) electrons. The van der Waals surface area contributed by atoms with Crippen LogP contribution in [0.25, 0.3) is 0 Å². The number of benzene rings is 1. The SMILES string of the molecule is CN1CCC(Oc2ccc(N)cc2F)(C(F)(F)F)CC1. The van der Waals surface area contributed by atoms with Crippen molar-refractivity contribution in [1.82, 2.24) is 4.90 Å². The molecule has 0 saturated carbocycles. The maximum atomic E-state index is 13.7. The van der Waals surface area contributed by atoms with Crippen molar-refractivity contribution in [2.24, 2.45) is 0 Å². The molecule has 3 nitrogen and oxygen atoms in total. The van der Waals surface area contributed by atoms with E-state index in [2.05, 4.69) is 0 Å². The van der Waals surface area contributed by atoms with E-state index in [4.69, 9.17) is 10.5 Å². The quantitative estimate of drug-likeness (QED) is 0.673. The zero-order valence-electron chi connectivity index (χ0n) is 11.0. The first kappa shape index (κ1) is 14.9. The first-order valence-corrected chi connectivity index (χ1v) is 6.23. The highest BCUT2D eigenvalue weighted by Crippen LogP contribution is 2.42. The molecule has 1 fully saturated rings. The Morgan fingerprint density at radius 1 is 1.25 bits per heavy atom. The molecule has 0 atom stereocenters. The van der Waals surface area contributed by atoms with Crippen LogP contribution in [0, 0.1) is 5.82 Å². The molecule has 7 heteroatoms. The first-order chi connectivity index (χ1) is 9.23. The standard InChI is InChI=1S/C13H16F4N2O/c1-19-6-4-12(5-7-19,13(15,16)17)20-11-3-2-9(18)8-10(11)14/h2-3,8H,4-7,18H2,1H3. The van der Waals surface area contributed by atoms with Crippen LogP contribution in [0.1, 0.15) is 12.8 Å². The van der Waals surface area contributed by atoms with Crippen LogP contribution in [0.5, 0.6) is 5.75 Å². The van der Waals surface area contributed by atoms with Crippen LogP contribution < -0.4 is 10.5 Å². The largest absolute Gasteiger partial charge is 0.475 e. The monoisotopic (exact) mass is 292 g/mol. The number of alkyl halides is 3. The number of nitrogens with zero attached hydrogens (tertiary/aromatic N) is 1. The molecular formula is C13H16F4N2O. The molecule has 0 amide bonds. The van der Waals surface area contributed by atoms with Crippen molar-refractivity contribution >= 4 is 5.69 Å². The molecule has 1 saturated heterocycles.